The lowest BCUT2D eigenvalue weighted by molar-refractivity contribution is -0.113. The van der Waals surface area contributed by atoms with Crippen LogP contribution in [0.25, 0.3) is 17.1 Å². The average Bonchev–Trinajstić information content (AvgIpc) is 3.32. The van der Waals surface area contributed by atoms with Crippen LogP contribution in [-0.2, 0) is 17.6 Å². The monoisotopic (exact) mass is 472 g/mol. The molecular formula is C27H28N4O2S. The number of hydrogen-bond donors (Lipinski definition) is 1. The molecule has 0 aliphatic rings. The first-order chi connectivity index (χ1) is 16.6. The second kappa shape index (κ2) is 11.0. The molecular weight excluding hydrogens is 444 g/mol. The van der Waals surface area contributed by atoms with E-state index in [1.165, 1.54) is 11.8 Å². The molecule has 1 aromatic heterocycles. The van der Waals surface area contributed by atoms with Crippen molar-refractivity contribution in [2.75, 3.05) is 18.2 Å². The van der Waals surface area contributed by atoms with Gasteiger partial charge in [0.25, 0.3) is 0 Å². The number of anilines is 1. The van der Waals surface area contributed by atoms with Crippen molar-refractivity contribution in [2.24, 2.45) is 0 Å². The molecule has 174 valence electrons. The zero-order chi connectivity index (χ0) is 23.9. The second-order valence-corrected chi connectivity index (χ2v) is 8.64. The number of carbonyl (C=O) groups is 1. The molecule has 34 heavy (non-hydrogen) atoms. The quantitative estimate of drug-likeness (QED) is 0.312. The van der Waals surface area contributed by atoms with Crippen molar-refractivity contribution in [1.29, 1.82) is 0 Å². The molecule has 1 amide bonds. The first kappa shape index (κ1) is 23.6. The average molecular weight is 473 g/mol. The third-order valence-corrected chi connectivity index (χ3v) is 6.52. The van der Waals surface area contributed by atoms with Crippen molar-refractivity contribution in [3.05, 3.63) is 83.9 Å². The van der Waals surface area contributed by atoms with Gasteiger partial charge in [-0.15, -0.1) is 10.2 Å². The summed E-state index contributed by atoms with van der Waals surface area (Å²) in [5.41, 5.74) is 5.07. The number of nitrogens with one attached hydrogen (secondary N) is 1. The highest BCUT2D eigenvalue weighted by Crippen LogP contribution is 2.29. The smallest absolute Gasteiger partial charge is 0.234 e. The van der Waals surface area contributed by atoms with Crippen LogP contribution in [0.15, 0.2) is 78.0 Å². The number of rotatable bonds is 9. The van der Waals surface area contributed by atoms with Crippen LogP contribution in [0.1, 0.15) is 25.0 Å². The van der Waals surface area contributed by atoms with Crippen LogP contribution in [0, 0.1) is 0 Å². The van der Waals surface area contributed by atoms with E-state index in [2.05, 4.69) is 41.5 Å². The summed E-state index contributed by atoms with van der Waals surface area (Å²) in [6.07, 6.45) is 1.73. The van der Waals surface area contributed by atoms with Crippen LogP contribution in [-0.4, -0.2) is 33.5 Å². The molecule has 1 heterocycles. The van der Waals surface area contributed by atoms with E-state index in [1.807, 2.05) is 65.2 Å². The third kappa shape index (κ3) is 5.15. The molecule has 0 radical (unpaired) electrons. The second-order valence-electron chi connectivity index (χ2n) is 7.70. The first-order valence-corrected chi connectivity index (χ1v) is 12.3. The number of thioether (sulfide) groups is 1. The van der Waals surface area contributed by atoms with Crippen LogP contribution >= 0.6 is 11.8 Å². The number of methoxy groups -OCH3 is 1. The Morgan fingerprint density at radius 1 is 0.912 bits per heavy atom. The number of aryl methyl sites for hydroxylation is 2. The van der Waals surface area contributed by atoms with Gasteiger partial charge < -0.3 is 10.1 Å². The first-order valence-electron chi connectivity index (χ1n) is 11.3. The molecule has 0 aliphatic carbocycles. The van der Waals surface area contributed by atoms with E-state index in [-0.39, 0.29) is 11.7 Å². The van der Waals surface area contributed by atoms with Crippen molar-refractivity contribution in [2.45, 2.75) is 31.8 Å². The number of hydrogen-bond acceptors (Lipinski definition) is 5. The van der Waals surface area contributed by atoms with Crippen molar-refractivity contribution in [3.8, 4) is 22.8 Å². The molecule has 0 saturated heterocycles. The maximum absolute atomic E-state index is 12.9. The maximum atomic E-state index is 12.9. The Morgan fingerprint density at radius 3 is 2.21 bits per heavy atom. The van der Waals surface area contributed by atoms with Gasteiger partial charge in [-0.05, 0) is 60.4 Å². The van der Waals surface area contributed by atoms with E-state index in [4.69, 9.17) is 4.74 Å². The highest BCUT2D eigenvalue weighted by atomic mass is 32.2. The molecule has 4 rings (SSSR count). The standard InChI is InChI=1S/C27H28N4O2S/c1-4-19-10-9-11-20(5-2)25(19)28-24(32)18-34-27-30-29-26(21-14-16-23(33-3)17-15-21)31(27)22-12-7-6-8-13-22/h6-17H,4-5,18H2,1-3H3,(H,28,32). The molecule has 0 aliphatic heterocycles. The maximum Gasteiger partial charge on any atom is 0.234 e. The van der Waals surface area contributed by atoms with Crippen LogP contribution in [0.4, 0.5) is 5.69 Å². The normalized spacial score (nSPS) is 10.8. The molecule has 1 N–H and O–H groups in total. The van der Waals surface area contributed by atoms with Gasteiger partial charge >= 0.3 is 0 Å². The van der Waals surface area contributed by atoms with Gasteiger partial charge in [0.15, 0.2) is 11.0 Å². The lowest BCUT2D eigenvalue weighted by atomic mass is 10.0. The molecule has 0 saturated carbocycles. The van der Waals surface area contributed by atoms with E-state index < -0.39 is 0 Å². The minimum absolute atomic E-state index is 0.0609. The number of nitrogens with zero attached hydrogens (tertiary/aromatic N) is 3. The summed E-state index contributed by atoms with van der Waals surface area (Å²) < 4.78 is 7.26. The van der Waals surface area contributed by atoms with Crippen LogP contribution in [0.5, 0.6) is 5.75 Å². The molecule has 0 bridgehead atoms. The third-order valence-electron chi connectivity index (χ3n) is 5.59. The number of aromatic nitrogens is 3. The minimum Gasteiger partial charge on any atom is -0.497 e. The predicted molar refractivity (Wildman–Crippen MR) is 138 cm³/mol. The summed E-state index contributed by atoms with van der Waals surface area (Å²) in [7, 11) is 1.64. The zero-order valence-corrected chi connectivity index (χ0v) is 20.4. The van der Waals surface area contributed by atoms with Crippen molar-refractivity contribution in [1.82, 2.24) is 14.8 Å². The highest BCUT2D eigenvalue weighted by molar-refractivity contribution is 7.99. The molecule has 0 unspecified atom stereocenters. The van der Waals surface area contributed by atoms with E-state index in [0.717, 1.165) is 46.7 Å². The SMILES string of the molecule is CCc1cccc(CC)c1NC(=O)CSc1nnc(-c2ccc(OC)cc2)n1-c1ccccc1. The number of ether oxygens (including phenoxy) is 1. The lowest BCUT2D eigenvalue weighted by Crippen LogP contribution is -2.17. The fourth-order valence-corrected chi connectivity index (χ4v) is 4.56. The van der Waals surface area contributed by atoms with E-state index in [9.17, 15) is 4.79 Å². The molecule has 0 spiro atoms. The van der Waals surface area contributed by atoms with Gasteiger partial charge in [-0.3, -0.25) is 9.36 Å². The summed E-state index contributed by atoms with van der Waals surface area (Å²) in [4.78, 5) is 12.9. The van der Waals surface area contributed by atoms with Crippen molar-refractivity contribution in [3.63, 3.8) is 0 Å². The highest BCUT2D eigenvalue weighted by Gasteiger charge is 2.18. The van der Waals surface area contributed by atoms with Crippen molar-refractivity contribution < 1.29 is 9.53 Å². The summed E-state index contributed by atoms with van der Waals surface area (Å²) in [5.74, 6) is 1.66. The zero-order valence-electron chi connectivity index (χ0n) is 19.6. The van der Waals surface area contributed by atoms with Gasteiger partial charge in [-0.1, -0.05) is 62.0 Å². The van der Waals surface area contributed by atoms with Gasteiger partial charge in [0.05, 0.1) is 12.9 Å². The number of amides is 1. The van der Waals surface area contributed by atoms with E-state index in [1.54, 1.807) is 7.11 Å². The Hall–Kier alpha value is -3.58. The Kier molecular flexibility index (Phi) is 7.65. The molecule has 0 atom stereocenters. The van der Waals surface area contributed by atoms with Crippen LogP contribution < -0.4 is 10.1 Å². The van der Waals surface area contributed by atoms with Gasteiger partial charge in [-0.2, -0.15) is 0 Å². The summed E-state index contributed by atoms with van der Waals surface area (Å²) in [5, 5.41) is 12.7. The van der Waals surface area contributed by atoms with Gasteiger partial charge in [0, 0.05) is 16.9 Å². The number of benzene rings is 3. The summed E-state index contributed by atoms with van der Waals surface area (Å²) in [6, 6.07) is 23.8. The van der Waals surface area contributed by atoms with Gasteiger partial charge in [-0.25, -0.2) is 0 Å². The fourth-order valence-electron chi connectivity index (χ4n) is 3.81. The summed E-state index contributed by atoms with van der Waals surface area (Å²) in [6.45, 7) is 4.20. The topological polar surface area (TPSA) is 69.0 Å². The molecule has 6 nitrogen and oxygen atoms in total. The van der Waals surface area contributed by atoms with E-state index >= 15 is 0 Å². The van der Waals surface area contributed by atoms with Crippen LogP contribution in [0.3, 0.4) is 0 Å². The lowest BCUT2D eigenvalue weighted by Gasteiger charge is -2.14. The number of carbonyl (C=O) groups excluding carboxylic acids is 1. The minimum atomic E-state index is -0.0609. The number of para-hydroxylation sites is 2. The Bertz CT molecular complexity index is 1230. The predicted octanol–water partition coefficient (Wildman–Crippen LogP) is 5.80. The molecule has 4 aromatic rings. The Balaban J connectivity index is 1.59. The fraction of sp³-hybridized carbons (Fsp3) is 0.222. The largest absolute Gasteiger partial charge is 0.497 e. The molecule has 7 heteroatoms. The Morgan fingerprint density at radius 2 is 1.59 bits per heavy atom. The molecule has 0 fully saturated rings. The Labute approximate surface area is 204 Å². The van der Waals surface area contributed by atoms with Gasteiger partial charge in [0.1, 0.15) is 5.75 Å². The van der Waals surface area contributed by atoms with Crippen LogP contribution in [0.2, 0.25) is 0 Å². The van der Waals surface area contributed by atoms with Crippen molar-refractivity contribution >= 4 is 23.4 Å². The van der Waals surface area contributed by atoms with Gasteiger partial charge in [0.2, 0.25) is 5.91 Å². The van der Waals surface area contributed by atoms with E-state index in [0.29, 0.717) is 11.0 Å². The summed E-state index contributed by atoms with van der Waals surface area (Å²) >= 11 is 1.37. The molecule has 3 aromatic carbocycles.